The number of methoxy groups -OCH3 is 2. The zero-order valence-corrected chi connectivity index (χ0v) is 28.5. The molecular weight excluding hydrogens is 661 g/mol. The zero-order valence-electron chi connectivity index (χ0n) is 27.0. The quantitative estimate of drug-likeness (QED) is 0.253. The summed E-state index contributed by atoms with van der Waals surface area (Å²) in [5.41, 5.74) is 1.84. The van der Waals surface area contributed by atoms with Gasteiger partial charge in [0.25, 0.3) is 5.91 Å². The van der Waals surface area contributed by atoms with Gasteiger partial charge in [0.2, 0.25) is 5.91 Å². The van der Waals surface area contributed by atoms with E-state index in [0.717, 1.165) is 12.8 Å². The minimum absolute atomic E-state index is 0.0213. The maximum Gasteiger partial charge on any atom is 0.306 e. The SMILES string of the molecule is CO[C@H]1CN(C(OC2CCC(C(=O)O)CC2)[C@@H]2CCCN2C(=O)Cc2cc(Cl)c(NC(=O)c3coc4ccccc34)cc2Cl)C[C@H]1OC. The highest BCUT2D eigenvalue weighted by atomic mass is 35.5. The van der Waals surface area contributed by atoms with Gasteiger partial charge in [-0.15, -0.1) is 0 Å². The summed E-state index contributed by atoms with van der Waals surface area (Å²) in [6, 6.07) is 10.2. The van der Waals surface area contributed by atoms with Crippen molar-refractivity contribution in [1.29, 1.82) is 0 Å². The summed E-state index contributed by atoms with van der Waals surface area (Å²) in [4.78, 5) is 42.7. The molecule has 13 heteroatoms. The highest BCUT2D eigenvalue weighted by molar-refractivity contribution is 6.36. The number of amides is 2. The number of ether oxygens (including phenoxy) is 3. The van der Waals surface area contributed by atoms with Crippen LogP contribution in [0.2, 0.25) is 10.0 Å². The molecule has 48 heavy (non-hydrogen) atoms. The van der Waals surface area contributed by atoms with Crippen LogP contribution in [0.3, 0.4) is 0 Å². The van der Waals surface area contributed by atoms with Crippen molar-refractivity contribution >= 4 is 57.6 Å². The summed E-state index contributed by atoms with van der Waals surface area (Å²) in [6.45, 7) is 1.75. The molecule has 2 aromatic carbocycles. The van der Waals surface area contributed by atoms with Crippen LogP contribution in [0.1, 0.15) is 54.4 Å². The zero-order chi connectivity index (χ0) is 33.9. The van der Waals surface area contributed by atoms with Gasteiger partial charge in [-0.25, -0.2) is 0 Å². The molecule has 4 atom stereocenters. The smallest absolute Gasteiger partial charge is 0.306 e. The summed E-state index contributed by atoms with van der Waals surface area (Å²) in [6.07, 6.45) is 4.64. The molecule has 0 bridgehead atoms. The maximum atomic E-state index is 14.0. The van der Waals surface area contributed by atoms with Crippen molar-refractivity contribution in [3.8, 4) is 0 Å². The van der Waals surface area contributed by atoms with Crippen LogP contribution < -0.4 is 5.32 Å². The van der Waals surface area contributed by atoms with E-state index in [0.29, 0.717) is 78.1 Å². The average Bonchev–Trinajstić information content (AvgIpc) is 3.84. The number of anilines is 1. The van der Waals surface area contributed by atoms with Crippen LogP contribution in [-0.4, -0.2) is 97.1 Å². The lowest BCUT2D eigenvalue weighted by Crippen LogP contribution is -2.53. The normalized spacial score (nSPS) is 25.4. The van der Waals surface area contributed by atoms with Crippen LogP contribution in [-0.2, 0) is 30.2 Å². The van der Waals surface area contributed by atoms with Crippen LogP contribution in [0.25, 0.3) is 11.0 Å². The molecule has 6 rings (SSSR count). The van der Waals surface area contributed by atoms with Gasteiger partial charge >= 0.3 is 5.97 Å². The number of aliphatic carboxylic acids is 1. The number of carboxylic acid groups (broad SMARTS) is 1. The number of rotatable bonds is 11. The van der Waals surface area contributed by atoms with E-state index in [-0.39, 0.29) is 47.6 Å². The molecule has 2 aliphatic heterocycles. The molecule has 11 nitrogen and oxygen atoms in total. The Morgan fingerprint density at radius 2 is 1.71 bits per heavy atom. The average molecular weight is 703 g/mol. The fourth-order valence-corrected chi connectivity index (χ4v) is 7.79. The van der Waals surface area contributed by atoms with Gasteiger partial charge in [-0.2, -0.15) is 0 Å². The molecule has 3 fully saturated rings. The number of carboxylic acids is 1. The summed E-state index contributed by atoms with van der Waals surface area (Å²) in [7, 11) is 3.33. The van der Waals surface area contributed by atoms with Gasteiger partial charge in [-0.05, 0) is 62.3 Å². The van der Waals surface area contributed by atoms with Crippen molar-refractivity contribution in [2.45, 2.75) is 75.5 Å². The second-order valence-electron chi connectivity index (χ2n) is 12.8. The van der Waals surface area contributed by atoms with Crippen molar-refractivity contribution in [3.05, 3.63) is 63.8 Å². The first-order chi connectivity index (χ1) is 23.2. The highest BCUT2D eigenvalue weighted by Crippen LogP contribution is 2.35. The van der Waals surface area contributed by atoms with Crippen LogP contribution in [0, 0.1) is 5.92 Å². The second-order valence-corrected chi connectivity index (χ2v) is 13.7. The number of fused-ring (bicyclic) bond motifs is 1. The number of para-hydroxylation sites is 1. The first-order valence-corrected chi connectivity index (χ1v) is 17.1. The van der Waals surface area contributed by atoms with E-state index in [9.17, 15) is 19.5 Å². The van der Waals surface area contributed by atoms with Crippen LogP contribution >= 0.6 is 23.2 Å². The third kappa shape index (κ3) is 7.36. The summed E-state index contributed by atoms with van der Waals surface area (Å²) >= 11 is 13.3. The van der Waals surface area contributed by atoms with E-state index in [1.165, 1.54) is 6.26 Å². The fourth-order valence-electron chi connectivity index (χ4n) is 7.32. The number of likely N-dealkylation sites (tertiary alicyclic amines) is 2. The van der Waals surface area contributed by atoms with Crippen LogP contribution in [0.15, 0.2) is 47.1 Å². The predicted octanol–water partition coefficient (Wildman–Crippen LogP) is 5.86. The molecule has 258 valence electrons. The third-order valence-corrected chi connectivity index (χ3v) is 10.6. The van der Waals surface area contributed by atoms with E-state index in [4.69, 9.17) is 41.8 Å². The topological polar surface area (TPSA) is 131 Å². The van der Waals surface area contributed by atoms with Gasteiger partial charge in [-0.1, -0.05) is 41.4 Å². The van der Waals surface area contributed by atoms with E-state index < -0.39 is 18.1 Å². The number of carbonyl (C=O) groups excluding carboxylic acids is 2. The summed E-state index contributed by atoms with van der Waals surface area (Å²) in [5.74, 6) is -1.61. The van der Waals surface area contributed by atoms with Crippen LogP contribution in [0.4, 0.5) is 5.69 Å². The monoisotopic (exact) mass is 701 g/mol. The Kier molecular flexibility index (Phi) is 10.9. The molecule has 1 saturated carbocycles. The lowest BCUT2D eigenvalue weighted by Gasteiger charge is -2.40. The lowest BCUT2D eigenvalue weighted by molar-refractivity contribution is -0.158. The second kappa shape index (κ2) is 15.1. The number of halogens is 2. The first kappa shape index (κ1) is 34.7. The van der Waals surface area contributed by atoms with Gasteiger partial charge in [0.05, 0.1) is 53.0 Å². The third-order valence-electron chi connectivity index (χ3n) is 9.96. The van der Waals surface area contributed by atoms with Crippen molar-refractivity contribution in [2.75, 3.05) is 39.2 Å². The van der Waals surface area contributed by atoms with Crippen molar-refractivity contribution in [1.82, 2.24) is 9.80 Å². The van der Waals surface area contributed by atoms with E-state index in [1.54, 1.807) is 38.5 Å². The molecule has 3 aliphatic rings. The number of nitrogens with zero attached hydrogens (tertiary/aromatic N) is 2. The molecule has 0 radical (unpaired) electrons. The minimum Gasteiger partial charge on any atom is -0.481 e. The van der Waals surface area contributed by atoms with E-state index in [2.05, 4.69) is 10.2 Å². The molecular formula is C35H41Cl2N3O8. The van der Waals surface area contributed by atoms with Gasteiger partial charge in [0.1, 0.15) is 18.1 Å². The van der Waals surface area contributed by atoms with E-state index >= 15 is 0 Å². The van der Waals surface area contributed by atoms with Crippen LogP contribution in [0.5, 0.6) is 0 Å². The van der Waals surface area contributed by atoms with Gasteiger partial charge < -0.3 is 34.0 Å². The largest absolute Gasteiger partial charge is 0.481 e. The van der Waals surface area contributed by atoms with Gasteiger partial charge in [0.15, 0.2) is 0 Å². The Morgan fingerprint density at radius 3 is 2.40 bits per heavy atom. The Morgan fingerprint density at radius 1 is 1.00 bits per heavy atom. The molecule has 1 unspecified atom stereocenters. The molecule has 2 N–H and O–H groups in total. The molecule has 2 amide bonds. The Hall–Kier alpha value is -3.19. The lowest BCUT2D eigenvalue weighted by atomic mass is 9.87. The Balaban J connectivity index is 1.16. The number of hydrogen-bond donors (Lipinski definition) is 2. The highest BCUT2D eigenvalue weighted by Gasteiger charge is 2.45. The molecule has 2 saturated heterocycles. The number of benzene rings is 2. The molecule has 3 heterocycles. The number of nitrogens with one attached hydrogen (secondary N) is 1. The van der Waals surface area contributed by atoms with Crippen molar-refractivity contribution in [2.24, 2.45) is 5.92 Å². The fraction of sp³-hybridized carbons (Fsp3) is 0.514. The molecule has 3 aromatic rings. The van der Waals surface area contributed by atoms with Crippen molar-refractivity contribution in [3.63, 3.8) is 0 Å². The number of furan rings is 1. The number of hydrogen-bond acceptors (Lipinski definition) is 8. The van der Waals surface area contributed by atoms with Crippen molar-refractivity contribution < 1.29 is 38.1 Å². The standard InChI is InChI=1S/C35H41Cl2N3O8/c1-45-30-17-39(18-31(30)46-2)34(48-22-11-9-20(10-12-22)35(43)44)28-7-5-13-40(28)32(41)15-21-14-26(37)27(16-25(21)36)38-33(42)24-19-47-29-8-4-3-6-23(24)29/h3-4,6,8,14,16,19-20,22,28,30-31,34H,5,7,9-13,15,17-18H2,1-2H3,(H,38,42)(H,43,44)/t20?,22?,28-,30-,31+,34?/m0/s1. The molecule has 0 spiro atoms. The predicted molar refractivity (Wildman–Crippen MR) is 180 cm³/mol. The number of carbonyl (C=O) groups is 3. The summed E-state index contributed by atoms with van der Waals surface area (Å²) in [5, 5.41) is 13.5. The maximum absolute atomic E-state index is 14.0. The van der Waals surface area contributed by atoms with Gasteiger partial charge in [0, 0.05) is 44.3 Å². The minimum atomic E-state index is -0.760. The van der Waals surface area contributed by atoms with E-state index in [1.807, 2.05) is 17.0 Å². The first-order valence-electron chi connectivity index (χ1n) is 16.4. The Bertz CT molecular complexity index is 1630. The Labute approximate surface area is 289 Å². The van der Waals surface area contributed by atoms with Gasteiger partial charge in [-0.3, -0.25) is 19.3 Å². The molecule has 1 aromatic heterocycles. The molecule has 1 aliphatic carbocycles. The summed E-state index contributed by atoms with van der Waals surface area (Å²) < 4.78 is 23.7.